The van der Waals surface area contributed by atoms with Crippen LogP contribution in [0.3, 0.4) is 0 Å². The Labute approximate surface area is 129 Å². The fourth-order valence-corrected chi connectivity index (χ4v) is 2.52. The zero-order chi connectivity index (χ0) is 16.3. The molecule has 0 heterocycles. The van der Waals surface area contributed by atoms with Gasteiger partial charge in [-0.1, -0.05) is 6.07 Å². The van der Waals surface area contributed by atoms with E-state index >= 15 is 0 Å². The molecule has 0 radical (unpaired) electrons. The van der Waals surface area contributed by atoms with Gasteiger partial charge >= 0.3 is 5.97 Å². The fraction of sp³-hybridized carbons (Fsp3) is 0.500. The van der Waals surface area contributed by atoms with Gasteiger partial charge < -0.3 is 19.5 Å². The van der Waals surface area contributed by atoms with Gasteiger partial charge in [0.2, 0.25) is 5.91 Å². The summed E-state index contributed by atoms with van der Waals surface area (Å²) in [6.07, 6.45) is 0.441. The molecule has 6 heteroatoms. The van der Waals surface area contributed by atoms with Gasteiger partial charge in [-0.15, -0.1) is 0 Å². The fourth-order valence-electron chi connectivity index (χ4n) is 2.52. The van der Waals surface area contributed by atoms with E-state index in [1.54, 1.807) is 25.2 Å². The van der Waals surface area contributed by atoms with Crippen LogP contribution in [0, 0.1) is 11.8 Å². The summed E-state index contributed by atoms with van der Waals surface area (Å²) in [7, 11) is 3.13. The van der Waals surface area contributed by atoms with Gasteiger partial charge in [0.1, 0.15) is 0 Å². The molecular weight excluding hydrogens is 286 g/mol. The standard InChI is InChI=1S/C16H21NO5/c1-4-17(15(18)11-8-12(11)16(19)20)9-10-5-6-13(21-2)14(7-10)22-3/h5-7,11-12H,4,8-9H2,1-3H3,(H,19,20)/t11-,12-/m1/s1. The normalized spacial score (nSPS) is 19.4. The molecule has 0 bridgehead atoms. The Kier molecular flexibility index (Phi) is 4.90. The molecule has 1 N–H and O–H groups in total. The van der Waals surface area contributed by atoms with Gasteiger partial charge in [-0.3, -0.25) is 9.59 Å². The van der Waals surface area contributed by atoms with Gasteiger partial charge in [-0.25, -0.2) is 0 Å². The summed E-state index contributed by atoms with van der Waals surface area (Å²) in [5.74, 6) is -0.637. The molecule has 1 aromatic rings. The van der Waals surface area contributed by atoms with Crippen molar-refractivity contribution in [2.24, 2.45) is 11.8 Å². The third-order valence-electron chi connectivity index (χ3n) is 3.94. The van der Waals surface area contributed by atoms with Crippen LogP contribution >= 0.6 is 0 Å². The number of amides is 1. The molecule has 2 atom stereocenters. The molecule has 0 aliphatic heterocycles. The molecule has 1 saturated carbocycles. The van der Waals surface area contributed by atoms with Crippen LogP contribution in [0.4, 0.5) is 0 Å². The second-order valence-corrected chi connectivity index (χ2v) is 5.33. The number of hydrogen-bond acceptors (Lipinski definition) is 4. The van der Waals surface area contributed by atoms with Crippen LogP contribution in [-0.4, -0.2) is 42.6 Å². The van der Waals surface area contributed by atoms with Gasteiger partial charge in [-0.05, 0) is 31.0 Å². The second-order valence-electron chi connectivity index (χ2n) is 5.33. The number of carbonyl (C=O) groups excluding carboxylic acids is 1. The Morgan fingerprint density at radius 2 is 1.91 bits per heavy atom. The first-order valence-corrected chi connectivity index (χ1v) is 7.24. The lowest BCUT2D eigenvalue weighted by molar-refractivity contribution is -0.142. The minimum absolute atomic E-state index is 0.0929. The highest BCUT2D eigenvalue weighted by atomic mass is 16.5. The molecule has 1 fully saturated rings. The van der Waals surface area contributed by atoms with Gasteiger partial charge in [0, 0.05) is 13.1 Å². The summed E-state index contributed by atoms with van der Waals surface area (Å²) in [5, 5.41) is 8.94. The Morgan fingerprint density at radius 1 is 1.23 bits per heavy atom. The van der Waals surface area contributed by atoms with Crippen LogP contribution in [0.5, 0.6) is 11.5 Å². The highest BCUT2D eigenvalue weighted by Crippen LogP contribution is 2.40. The number of carboxylic acid groups (broad SMARTS) is 1. The van der Waals surface area contributed by atoms with Gasteiger partial charge in [0.05, 0.1) is 26.1 Å². The second kappa shape index (κ2) is 6.68. The average Bonchev–Trinajstić information content (AvgIpc) is 3.32. The number of carboxylic acids is 1. The number of carbonyl (C=O) groups is 2. The van der Waals surface area contributed by atoms with Crippen molar-refractivity contribution >= 4 is 11.9 Å². The molecule has 120 valence electrons. The zero-order valence-electron chi connectivity index (χ0n) is 13.0. The third kappa shape index (κ3) is 3.32. The monoisotopic (exact) mass is 307 g/mol. The van der Waals surface area contributed by atoms with Gasteiger partial charge in [0.25, 0.3) is 0 Å². The SMILES string of the molecule is CCN(Cc1ccc(OC)c(OC)c1)C(=O)[C@@H]1C[C@H]1C(=O)O. The maximum Gasteiger partial charge on any atom is 0.307 e. The van der Waals surface area contributed by atoms with E-state index in [1.807, 2.05) is 19.1 Å². The van der Waals surface area contributed by atoms with Gasteiger partial charge in [-0.2, -0.15) is 0 Å². The van der Waals surface area contributed by atoms with Crippen molar-refractivity contribution in [2.45, 2.75) is 19.9 Å². The van der Waals surface area contributed by atoms with E-state index in [0.29, 0.717) is 31.0 Å². The maximum absolute atomic E-state index is 12.3. The lowest BCUT2D eigenvalue weighted by Gasteiger charge is -2.21. The van der Waals surface area contributed by atoms with Crippen LogP contribution in [0.15, 0.2) is 18.2 Å². The van der Waals surface area contributed by atoms with Crippen LogP contribution < -0.4 is 9.47 Å². The minimum Gasteiger partial charge on any atom is -0.493 e. The van der Waals surface area contributed by atoms with Crippen LogP contribution in [0.25, 0.3) is 0 Å². The molecule has 2 rings (SSSR count). The van der Waals surface area contributed by atoms with E-state index in [1.165, 1.54) is 0 Å². The summed E-state index contributed by atoms with van der Waals surface area (Å²) >= 11 is 0. The van der Waals surface area contributed by atoms with Crippen molar-refractivity contribution in [3.8, 4) is 11.5 Å². The number of hydrogen-bond donors (Lipinski definition) is 1. The third-order valence-corrected chi connectivity index (χ3v) is 3.94. The van der Waals surface area contributed by atoms with E-state index in [0.717, 1.165) is 5.56 Å². The Bertz CT molecular complexity index is 572. The summed E-state index contributed by atoms with van der Waals surface area (Å²) in [6.45, 7) is 2.85. The minimum atomic E-state index is -0.888. The van der Waals surface area contributed by atoms with Crippen molar-refractivity contribution < 1.29 is 24.2 Å². The summed E-state index contributed by atoms with van der Waals surface area (Å²) in [6, 6.07) is 5.50. The summed E-state index contributed by atoms with van der Waals surface area (Å²) in [4.78, 5) is 24.9. The quantitative estimate of drug-likeness (QED) is 0.831. The van der Waals surface area contributed by atoms with Crippen LogP contribution in [0.1, 0.15) is 18.9 Å². The number of benzene rings is 1. The highest BCUT2D eigenvalue weighted by Gasteiger charge is 2.49. The largest absolute Gasteiger partial charge is 0.493 e. The maximum atomic E-state index is 12.3. The first kappa shape index (κ1) is 16.1. The van der Waals surface area contributed by atoms with Gasteiger partial charge in [0.15, 0.2) is 11.5 Å². The van der Waals surface area contributed by atoms with Crippen molar-refractivity contribution in [3.05, 3.63) is 23.8 Å². The summed E-state index contributed by atoms with van der Waals surface area (Å²) in [5.41, 5.74) is 0.917. The Morgan fingerprint density at radius 3 is 2.41 bits per heavy atom. The van der Waals surface area contributed by atoms with Crippen molar-refractivity contribution in [1.29, 1.82) is 0 Å². The lowest BCUT2D eigenvalue weighted by atomic mass is 10.1. The molecule has 1 aliphatic rings. The van der Waals surface area contributed by atoms with E-state index in [4.69, 9.17) is 14.6 Å². The van der Waals surface area contributed by atoms with Crippen molar-refractivity contribution in [2.75, 3.05) is 20.8 Å². The predicted molar refractivity (Wildman–Crippen MR) is 79.9 cm³/mol. The van der Waals surface area contributed by atoms with E-state index in [2.05, 4.69) is 0 Å². The summed E-state index contributed by atoms with van der Waals surface area (Å²) < 4.78 is 10.4. The number of rotatable bonds is 7. The molecule has 0 aromatic heterocycles. The average molecular weight is 307 g/mol. The number of methoxy groups -OCH3 is 2. The lowest BCUT2D eigenvalue weighted by Crippen LogP contribution is -2.32. The molecule has 0 saturated heterocycles. The molecular formula is C16H21NO5. The van der Waals surface area contributed by atoms with E-state index in [9.17, 15) is 9.59 Å². The molecule has 0 unspecified atom stereocenters. The first-order chi connectivity index (χ1) is 10.5. The topological polar surface area (TPSA) is 76.1 Å². The molecule has 1 aromatic carbocycles. The van der Waals surface area contributed by atoms with Crippen LogP contribution in [-0.2, 0) is 16.1 Å². The number of aliphatic carboxylic acids is 1. The molecule has 22 heavy (non-hydrogen) atoms. The highest BCUT2D eigenvalue weighted by molar-refractivity contribution is 5.89. The first-order valence-electron chi connectivity index (χ1n) is 7.24. The number of ether oxygens (including phenoxy) is 2. The van der Waals surface area contributed by atoms with Crippen LogP contribution in [0.2, 0.25) is 0 Å². The molecule has 1 aliphatic carbocycles. The predicted octanol–water partition coefficient (Wildman–Crippen LogP) is 1.77. The smallest absolute Gasteiger partial charge is 0.307 e. The molecule has 6 nitrogen and oxygen atoms in total. The zero-order valence-corrected chi connectivity index (χ0v) is 13.0. The number of nitrogens with zero attached hydrogens (tertiary/aromatic N) is 1. The van der Waals surface area contributed by atoms with Crippen molar-refractivity contribution in [1.82, 2.24) is 4.90 Å². The van der Waals surface area contributed by atoms with E-state index in [-0.39, 0.29) is 11.8 Å². The molecule has 1 amide bonds. The van der Waals surface area contributed by atoms with Crippen molar-refractivity contribution in [3.63, 3.8) is 0 Å². The molecule has 0 spiro atoms. The Balaban J connectivity index is 2.07. The van der Waals surface area contributed by atoms with E-state index < -0.39 is 11.9 Å². The Hall–Kier alpha value is -2.24.